The van der Waals surface area contributed by atoms with Crippen LogP contribution in [0.3, 0.4) is 0 Å². The third-order valence-corrected chi connectivity index (χ3v) is 4.98. The molecule has 126 valence electrons. The maximum Gasteiger partial charge on any atom is 0.273 e. The minimum Gasteiger partial charge on any atom is -0.394 e. The molecule has 3 atom stereocenters. The van der Waals surface area contributed by atoms with Crippen LogP contribution in [0.5, 0.6) is 0 Å². The fourth-order valence-electron chi connectivity index (χ4n) is 3.56. The minimum absolute atomic E-state index is 0.0181. The van der Waals surface area contributed by atoms with Gasteiger partial charge in [-0.15, -0.1) is 0 Å². The highest BCUT2D eigenvalue weighted by Crippen LogP contribution is 2.47. The molecule has 0 bridgehead atoms. The molecule has 0 radical (unpaired) electrons. The Morgan fingerprint density at radius 2 is 2.12 bits per heavy atom. The zero-order chi connectivity index (χ0) is 16.8. The largest absolute Gasteiger partial charge is 0.394 e. The van der Waals surface area contributed by atoms with E-state index in [0.717, 1.165) is 18.5 Å². The van der Waals surface area contributed by atoms with E-state index in [1.807, 2.05) is 13.0 Å². The number of aromatic nitrogens is 3. The van der Waals surface area contributed by atoms with Crippen LogP contribution in [0, 0.1) is 25.7 Å². The van der Waals surface area contributed by atoms with E-state index in [9.17, 15) is 9.90 Å². The average molecular weight is 328 g/mol. The van der Waals surface area contributed by atoms with Crippen LogP contribution in [0.25, 0.3) is 11.5 Å². The maximum absolute atomic E-state index is 13.1. The Hall–Kier alpha value is -2.28. The van der Waals surface area contributed by atoms with Gasteiger partial charge in [0.25, 0.3) is 11.8 Å². The van der Waals surface area contributed by atoms with Crippen LogP contribution in [-0.2, 0) is 0 Å². The van der Waals surface area contributed by atoms with Crippen LogP contribution in [0.15, 0.2) is 16.7 Å². The number of aliphatic hydroxyl groups is 1. The Morgan fingerprint density at radius 3 is 2.83 bits per heavy atom. The molecule has 24 heavy (non-hydrogen) atoms. The Kier molecular flexibility index (Phi) is 3.60. The molecule has 1 saturated heterocycles. The van der Waals surface area contributed by atoms with E-state index in [0.29, 0.717) is 41.4 Å². The summed E-state index contributed by atoms with van der Waals surface area (Å²) < 4.78 is 5.23. The number of piperidine rings is 1. The predicted octanol–water partition coefficient (Wildman–Crippen LogP) is 1.59. The van der Waals surface area contributed by atoms with E-state index in [4.69, 9.17) is 4.52 Å². The number of hydrogen-bond donors (Lipinski definition) is 1. The van der Waals surface area contributed by atoms with Crippen LogP contribution in [0.1, 0.15) is 34.8 Å². The van der Waals surface area contributed by atoms with Gasteiger partial charge in [0.2, 0.25) is 0 Å². The lowest BCUT2D eigenvalue weighted by atomic mass is 10.0. The van der Waals surface area contributed by atoms with Crippen LogP contribution in [0.2, 0.25) is 0 Å². The van der Waals surface area contributed by atoms with Crippen molar-refractivity contribution in [1.29, 1.82) is 0 Å². The smallest absolute Gasteiger partial charge is 0.273 e. The van der Waals surface area contributed by atoms with Gasteiger partial charge in [-0.05, 0) is 50.7 Å². The zero-order valence-electron chi connectivity index (χ0n) is 13.8. The van der Waals surface area contributed by atoms with Gasteiger partial charge in [-0.1, -0.05) is 5.16 Å². The molecule has 1 saturated carbocycles. The first-order chi connectivity index (χ1) is 11.6. The van der Waals surface area contributed by atoms with E-state index in [-0.39, 0.29) is 18.6 Å². The van der Waals surface area contributed by atoms with Gasteiger partial charge in [0.15, 0.2) is 5.82 Å². The highest BCUT2D eigenvalue weighted by Gasteiger charge is 2.47. The summed E-state index contributed by atoms with van der Waals surface area (Å²) in [6.45, 7) is 4.24. The fraction of sp³-hybridized carbons (Fsp3) is 0.529. The lowest BCUT2D eigenvalue weighted by Gasteiger charge is -2.34. The molecule has 1 aliphatic heterocycles. The highest BCUT2D eigenvalue weighted by molar-refractivity contribution is 5.98. The third kappa shape index (κ3) is 2.58. The standard InChI is InChI=1S/C17H20N4O3/c1-9-3-4-14(16-19-10(2)20-24-16)15(18-9)17(23)21-7-12-5-11(12)6-13(21)8-22/h3-4,11-13,22H,5-8H2,1-2H3. The van der Waals surface area contributed by atoms with Gasteiger partial charge in [-0.25, -0.2) is 4.98 Å². The SMILES string of the molecule is Cc1ccc(-c2nc(C)no2)c(C(=O)N2CC3CC3CC2CO)n1. The van der Waals surface area contributed by atoms with E-state index in [1.54, 1.807) is 17.9 Å². The van der Waals surface area contributed by atoms with Crippen molar-refractivity contribution in [2.75, 3.05) is 13.2 Å². The molecule has 3 heterocycles. The Morgan fingerprint density at radius 1 is 1.29 bits per heavy atom. The van der Waals surface area contributed by atoms with Gasteiger partial charge in [-0.2, -0.15) is 4.98 Å². The van der Waals surface area contributed by atoms with Crippen molar-refractivity contribution >= 4 is 5.91 Å². The second-order valence-electron chi connectivity index (χ2n) is 6.78. The molecule has 3 unspecified atom stereocenters. The van der Waals surface area contributed by atoms with Crippen molar-refractivity contribution in [2.24, 2.45) is 11.8 Å². The number of fused-ring (bicyclic) bond motifs is 1. The van der Waals surface area contributed by atoms with Crippen LogP contribution in [-0.4, -0.2) is 50.2 Å². The molecule has 7 heteroatoms. The van der Waals surface area contributed by atoms with Gasteiger partial charge in [-0.3, -0.25) is 4.79 Å². The molecule has 4 rings (SSSR count). The third-order valence-electron chi connectivity index (χ3n) is 4.98. The summed E-state index contributed by atoms with van der Waals surface area (Å²) in [5, 5.41) is 13.5. The number of aliphatic hydroxyl groups excluding tert-OH is 1. The number of aryl methyl sites for hydroxylation is 2. The van der Waals surface area contributed by atoms with Crippen LogP contribution in [0.4, 0.5) is 0 Å². The Labute approximate surface area is 139 Å². The number of likely N-dealkylation sites (tertiary alicyclic amines) is 1. The molecule has 1 aliphatic carbocycles. The first-order valence-electron chi connectivity index (χ1n) is 8.27. The van der Waals surface area contributed by atoms with E-state index in [1.165, 1.54) is 0 Å². The summed E-state index contributed by atoms with van der Waals surface area (Å²) in [5.74, 6) is 1.86. The van der Waals surface area contributed by atoms with Crippen LogP contribution < -0.4 is 0 Å². The summed E-state index contributed by atoms with van der Waals surface area (Å²) >= 11 is 0. The average Bonchev–Trinajstić information content (AvgIpc) is 3.22. The zero-order valence-corrected chi connectivity index (χ0v) is 13.8. The summed E-state index contributed by atoms with van der Waals surface area (Å²) in [6.07, 6.45) is 2.02. The quantitative estimate of drug-likeness (QED) is 0.920. The normalized spacial score (nSPS) is 25.5. The predicted molar refractivity (Wildman–Crippen MR) is 85.1 cm³/mol. The minimum atomic E-state index is -0.172. The summed E-state index contributed by atoms with van der Waals surface area (Å²) in [4.78, 5) is 23.6. The van der Waals surface area contributed by atoms with E-state index in [2.05, 4.69) is 15.1 Å². The second-order valence-corrected chi connectivity index (χ2v) is 6.78. The first kappa shape index (κ1) is 15.3. The number of nitrogens with zero attached hydrogens (tertiary/aromatic N) is 4. The molecule has 0 spiro atoms. The van der Waals surface area contributed by atoms with Gasteiger partial charge in [0.1, 0.15) is 5.69 Å². The number of carbonyl (C=O) groups is 1. The Bertz CT molecular complexity index is 788. The monoisotopic (exact) mass is 328 g/mol. The molecule has 1 amide bonds. The van der Waals surface area contributed by atoms with E-state index >= 15 is 0 Å². The van der Waals surface area contributed by atoms with Crippen molar-refractivity contribution in [1.82, 2.24) is 20.0 Å². The lowest BCUT2D eigenvalue weighted by Crippen LogP contribution is -2.47. The number of carbonyl (C=O) groups excluding carboxylic acids is 1. The molecule has 2 aromatic rings. The molecule has 7 nitrogen and oxygen atoms in total. The lowest BCUT2D eigenvalue weighted by molar-refractivity contribution is 0.0481. The number of amides is 1. The second kappa shape index (κ2) is 5.66. The molecule has 1 N–H and O–H groups in total. The van der Waals surface area contributed by atoms with Gasteiger partial charge in [0.05, 0.1) is 18.2 Å². The molecule has 2 aliphatic rings. The highest BCUT2D eigenvalue weighted by atomic mass is 16.5. The topological polar surface area (TPSA) is 92.4 Å². The molecule has 0 aromatic carbocycles. The molecule has 2 fully saturated rings. The van der Waals surface area contributed by atoms with Crippen molar-refractivity contribution in [3.8, 4) is 11.5 Å². The van der Waals surface area contributed by atoms with Gasteiger partial charge < -0.3 is 14.5 Å². The fourth-order valence-corrected chi connectivity index (χ4v) is 3.56. The van der Waals surface area contributed by atoms with Crippen molar-refractivity contribution in [3.63, 3.8) is 0 Å². The summed E-state index contributed by atoms with van der Waals surface area (Å²) in [6, 6.07) is 3.48. The van der Waals surface area contributed by atoms with Crippen molar-refractivity contribution < 1.29 is 14.4 Å². The number of hydrogen-bond acceptors (Lipinski definition) is 6. The van der Waals surface area contributed by atoms with Gasteiger partial charge in [0, 0.05) is 12.2 Å². The molecular weight excluding hydrogens is 308 g/mol. The Balaban J connectivity index is 1.72. The number of rotatable bonds is 3. The van der Waals surface area contributed by atoms with Crippen molar-refractivity contribution in [3.05, 3.63) is 29.3 Å². The van der Waals surface area contributed by atoms with Crippen molar-refractivity contribution in [2.45, 2.75) is 32.7 Å². The van der Waals surface area contributed by atoms with Gasteiger partial charge >= 0.3 is 0 Å². The molecule has 2 aromatic heterocycles. The summed E-state index contributed by atoms with van der Waals surface area (Å²) in [7, 11) is 0. The first-order valence-corrected chi connectivity index (χ1v) is 8.27. The molecular formula is C17H20N4O3. The summed E-state index contributed by atoms with van der Waals surface area (Å²) in [5.41, 5.74) is 1.61. The van der Waals surface area contributed by atoms with E-state index < -0.39 is 0 Å². The number of pyridine rings is 1. The maximum atomic E-state index is 13.1. The van der Waals surface area contributed by atoms with Crippen LogP contribution >= 0.6 is 0 Å².